The van der Waals surface area contributed by atoms with E-state index >= 15 is 0 Å². The van der Waals surface area contributed by atoms with Gasteiger partial charge in [-0.2, -0.15) is 0 Å². The fraction of sp³-hybridized carbons (Fsp3) is 0.650. The van der Waals surface area contributed by atoms with Crippen molar-refractivity contribution in [1.29, 1.82) is 0 Å². The molecule has 2 aliphatic rings. The highest BCUT2D eigenvalue weighted by Crippen LogP contribution is 2.36. The van der Waals surface area contributed by atoms with E-state index < -0.39 is 0 Å². The van der Waals surface area contributed by atoms with Gasteiger partial charge in [0, 0.05) is 56.8 Å². The minimum atomic E-state index is 0.0629. The SMILES string of the molecule is COc1cc2c(cc1CNC(=O)CC[C@@H](C)N1CCN(C)CC1)OCCO2. The standard InChI is InChI=1S/C20H31N3O4/c1-15(23-8-6-22(2)7-9-23)4-5-20(24)21-14-16-12-18-19(13-17(16)25-3)27-11-10-26-18/h12-13,15H,4-11,14H2,1-3H3,(H,21,24)/t15-/m1/s1. The maximum atomic E-state index is 12.3. The number of carbonyl (C=O) groups excluding carboxylic acids is 1. The van der Waals surface area contributed by atoms with E-state index in [2.05, 4.69) is 29.1 Å². The molecule has 150 valence electrons. The number of nitrogens with zero attached hydrogens (tertiary/aromatic N) is 2. The lowest BCUT2D eigenvalue weighted by atomic mass is 10.1. The van der Waals surface area contributed by atoms with Gasteiger partial charge in [-0.15, -0.1) is 0 Å². The molecule has 1 aromatic carbocycles. The Balaban J connectivity index is 1.47. The van der Waals surface area contributed by atoms with Gasteiger partial charge in [0.05, 0.1) is 7.11 Å². The van der Waals surface area contributed by atoms with E-state index in [1.807, 2.05) is 12.1 Å². The minimum Gasteiger partial charge on any atom is -0.496 e. The molecule has 1 saturated heterocycles. The summed E-state index contributed by atoms with van der Waals surface area (Å²) in [4.78, 5) is 17.1. The first kappa shape index (κ1) is 19.8. The molecule has 1 N–H and O–H groups in total. The number of fused-ring (bicyclic) bond motifs is 1. The Morgan fingerprint density at radius 3 is 2.52 bits per heavy atom. The Hall–Kier alpha value is -1.99. The molecule has 7 heteroatoms. The summed E-state index contributed by atoms with van der Waals surface area (Å²) in [6.45, 7) is 8.05. The Bertz CT molecular complexity index is 644. The van der Waals surface area contributed by atoms with Gasteiger partial charge in [0.25, 0.3) is 0 Å². The van der Waals surface area contributed by atoms with Crippen molar-refractivity contribution < 1.29 is 19.0 Å². The Morgan fingerprint density at radius 1 is 1.19 bits per heavy atom. The average molecular weight is 377 g/mol. The third-order valence-corrected chi connectivity index (χ3v) is 5.37. The Labute approximate surface area is 161 Å². The molecule has 0 saturated carbocycles. The van der Waals surface area contributed by atoms with Crippen molar-refractivity contribution in [2.45, 2.75) is 32.4 Å². The smallest absolute Gasteiger partial charge is 0.220 e. The van der Waals surface area contributed by atoms with Gasteiger partial charge >= 0.3 is 0 Å². The quantitative estimate of drug-likeness (QED) is 0.777. The predicted octanol–water partition coefficient (Wildman–Crippen LogP) is 1.50. The van der Waals surface area contributed by atoms with E-state index in [4.69, 9.17) is 14.2 Å². The number of ether oxygens (including phenoxy) is 3. The van der Waals surface area contributed by atoms with Crippen molar-refractivity contribution in [1.82, 2.24) is 15.1 Å². The lowest BCUT2D eigenvalue weighted by Gasteiger charge is -2.36. The molecule has 1 fully saturated rings. The van der Waals surface area contributed by atoms with Gasteiger partial charge in [-0.1, -0.05) is 0 Å². The largest absolute Gasteiger partial charge is 0.496 e. The molecule has 1 atom stereocenters. The van der Waals surface area contributed by atoms with Gasteiger partial charge in [-0.25, -0.2) is 0 Å². The van der Waals surface area contributed by atoms with Gasteiger partial charge in [-0.3, -0.25) is 9.69 Å². The molecular weight excluding hydrogens is 346 g/mol. The summed E-state index contributed by atoms with van der Waals surface area (Å²) in [5.74, 6) is 2.16. The summed E-state index contributed by atoms with van der Waals surface area (Å²) < 4.78 is 16.6. The van der Waals surface area contributed by atoms with Crippen molar-refractivity contribution in [3.63, 3.8) is 0 Å². The van der Waals surface area contributed by atoms with E-state index in [-0.39, 0.29) is 5.91 Å². The molecule has 1 amide bonds. The number of likely N-dealkylation sites (N-methyl/N-ethyl adjacent to an activating group) is 1. The van der Waals surface area contributed by atoms with Gasteiger partial charge in [0.2, 0.25) is 5.91 Å². The van der Waals surface area contributed by atoms with Crippen molar-refractivity contribution in [2.24, 2.45) is 0 Å². The van der Waals surface area contributed by atoms with E-state index in [1.54, 1.807) is 7.11 Å². The highest BCUT2D eigenvalue weighted by molar-refractivity contribution is 5.76. The van der Waals surface area contributed by atoms with Crippen LogP contribution in [0.2, 0.25) is 0 Å². The van der Waals surface area contributed by atoms with E-state index in [0.29, 0.717) is 49.5 Å². The van der Waals surface area contributed by atoms with E-state index in [0.717, 1.165) is 38.2 Å². The van der Waals surface area contributed by atoms with Crippen LogP contribution in [0.1, 0.15) is 25.3 Å². The molecule has 0 radical (unpaired) electrons. The number of methoxy groups -OCH3 is 1. The lowest BCUT2D eigenvalue weighted by Crippen LogP contribution is -2.48. The van der Waals surface area contributed by atoms with Crippen LogP contribution in [0.25, 0.3) is 0 Å². The van der Waals surface area contributed by atoms with Crippen LogP contribution in [0, 0.1) is 0 Å². The molecule has 0 aromatic heterocycles. The monoisotopic (exact) mass is 377 g/mol. The fourth-order valence-electron chi connectivity index (χ4n) is 3.51. The third-order valence-electron chi connectivity index (χ3n) is 5.37. The highest BCUT2D eigenvalue weighted by Gasteiger charge is 2.20. The second-order valence-electron chi connectivity index (χ2n) is 7.31. The van der Waals surface area contributed by atoms with Gasteiger partial charge in [0.1, 0.15) is 19.0 Å². The summed E-state index contributed by atoms with van der Waals surface area (Å²) in [6.07, 6.45) is 1.40. The summed E-state index contributed by atoms with van der Waals surface area (Å²) >= 11 is 0. The van der Waals surface area contributed by atoms with Crippen LogP contribution in [0.5, 0.6) is 17.2 Å². The molecule has 2 aliphatic heterocycles. The molecule has 7 nitrogen and oxygen atoms in total. The number of hydrogen-bond donors (Lipinski definition) is 1. The summed E-state index contributed by atoms with van der Waals surface area (Å²) in [5, 5.41) is 3.00. The number of nitrogens with one attached hydrogen (secondary N) is 1. The number of rotatable bonds is 7. The number of carbonyl (C=O) groups is 1. The first-order chi connectivity index (χ1) is 13.1. The van der Waals surface area contributed by atoms with Gasteiger partial charge in [0.15, 0.2) is 11.5 Å². The second kappa shape index (κ2) is 9.28. The molecule has 3 rings (SSSR count). The summed E-state index contributed by atoms with van der Waals surface area (Å²) in [6, 6.07) is 4.14. The van der Waals surface area contributed by atoms with Crippen LogP contribution in [-0.4, -0.2) is 75.3 Å². The molecule has 0 unspecified atom stereocenters. The average Bonchev–Trinajstić information content (AvgIpc) is 2.70. The minimum absolute atomic E-state index is 0.0629. The van der Waals surface area contributed by atoms with Crippen LogP contribution < -0.4 is 19.5 Å². The lowest BCUT2D eigenvalue weighted by molar-refractivity contribution is -0.121. The maximum Gasteiger partial charge on any atom is 0.220 e. The molecule has 0 bridgehead atoms. The van der Waals surface area contributed by atoms with Crippen LogP contribution in [0.15, 0.2) is 12.1 Å². The second-order valence-corrected chi connectivity index (χ2v) is 7.31. The molecular formula is C20H31N3O4. The third kappa shape index (κ3) is 5.26. The van der Waals surface area contributed by atoms with Crippen molar-refractivity contribution in [3.8, 4) is 17.2 Å². The van der Waals surface area contributed by atoms with Crippen molar-refractivity contribution >= 4 is 5.91 Å². The van der Waals surface area contributed by atoms with Crippen molar-refractivity contribution in [3.05, 3.63) is 17.7 Å². The fourth-order valence-corrected chi connectivity index (χ4v) is 3.51. The van der Waals surface area contributed by atoms with Gasteiger partial charge < -0.3 is 24.4 Å². The van der Waals surface area contributed by atoms with E-state index in [1.165, 1.54) is 0 Å². The molecule has 27 heavy (non-hydrogen) atoms. The molecule has 0 aliphatic carbocycles. The number of hydrogen-bond acceptors (Lipinski definition) is 6. The summed E-state index contributed by atoms with van der Waals surface area (Å²) in [7, 11) is 3.77. The molecule has 2 heterocycles. The summed E-state index contributed by atoms with van der Waals surface area (Å²) in [5.41, 5.74) is 0.891. The normalized spacial score (nSPS) is 18.8. The Morgan fingerprint density at radius 2 is 1.85 bits per heavy atom. The number of amides is 1. The van der Waals surface area contributed by atoms with Crippen molar-refractivity contribution in [2.75, 3.05) is 53.6 Å². The maximum absolute atomic E-state index is 12.3. The number of benzene rings is 1. The Kier molecular flexibility index (Phi) is 6.79. The first-order valence-electron chi connectivity index (χ1n) is 9.72. The van der Waals surface area contributed by atoms with Crippen LogP contribution in [0.4, 0.5) is 0 Å². The van der Waals surface area contributed by atoms with Crippen LogP contribution >= 0.6 is 0 Å². The van der Waals surface area contributed by atoms with Crippen LogP contribution in [0.3, 0.4) is 0 Å². The highest BCUT2D eigenvalue weighted by atomic mass is 16.6. The van der Waals surface area contributed by atoms with Crippen LogP contribution in [-0.2, 0) is 11.3 Å². The topological polar surface area (TPSA) is 63.3 Å². The predicted molar refractivity (Wildman–Crippen MR) is 104 cm³/mol. The number of piperazine rings is 1. The molecule has 0 spiro atoms. The zero-order chi connectivity index (χ0) is 19.2. The zero-order valence-electron chi connectivity index (χ0n) is 16.6. The van der Waals surface area contributed by atoms with E-state index in [9.17, 15) is 4.79 Å². The molecule has 1 aromatic rings. The first-order valence-corrected chi connectivity index (χ1v) is 9.72. The zero-order valence-corrected chi connectivity index (χ0v) is 16.6. The van der Waals surface area contributed by atoms with Gasteiger partial charge in [-0.05, 0) is 26.5 Å².